The van der Waals surface area contributed by atoms with Crippen molar-refractivity contribution in [1.29, 1.82) is 0 Å². The summed E-state index contributed by atoms with van der Waals surface area (Å²) >= 11 is 0. The molecule has 0 aliphatic heterocycles. The van der Waals surface area contributed by atoms with Crippen LogP contribution in [-0.4, -0.2) is 29.7 Å². The maximum Gasteiger partial charge on any atom is 0.261 e. The first-order valence-corrected chi connectivity index (χ1v) is 12.3. The number of benzene rings is 3. The third kappa shape index (κ3) is 5.91. The molecule has 0 atom stereocenters. The van der Waals surface area contributed by atoms with Crippen LogP contribution in [0.2, 0.25) is 0 Å². The lowest BCUT2D eigenvalue weighted by Gasteiger charge is -2.20. The molecule has 0 radical (unpaired) electrons. The highest BCUT2D eigenvalue weighted by molar-refractivity contribution is 7.92. The van der Waals surface area contributed by atoms with E-state index in [9.17, 15) is 8.42 Å². The van der Waals surface area contributed by atoms with Crippen molar-refractivity contribution in [3.63, 3.8) is 0 Å². The van der Waals surface area contributed by atoms with Gasteiger partial charge in [0.05, 0.1) is 26.2 Å². The van der Waals surface area contributed by atoms with E-state index in [1.807, 2.05) is 36.4 Å². The number of nitrogens with one attached hydrogen (secondary N) is 1. The van der Waals surface area contributed by atoms with Crippen molar-refractivity contribution in [1.82, 2.24) is 0 Å². The first-order valence-electron chi connectivity index (χ1n) is 10.8. The normalized spacial score (nSPS) is 11.9. The highest BCUT2D eigenvalue weighted by Crippen LogP contribution is 2.38. The zero-order chi connectivity index (χ0) is 24.9. The van der Waals surface area contributed by atoms with Crippen LogP contribution in [0.3, 0.4) is 0 Å². The summed E-state index contributed by atoms with van der Waals surface area (Å²) in [5.74, 6) is 1.63. The lowest BCUT2D eigenvalue weighted by Crippen LogP contribution is -2.16. The Morgan fingerprint density at radius 1 is 0.765 bits per heavy atom. The SMILES string of the molecule is COc1cc(C=Cc2cccc(NS(=O)(=O)c3cccc(C(C)(C)C)c3)c2)cc(OC)c1OC. The average molecular weight is 482 g/mol. The van der Waals surface area contributed by atoms with Crippen molar-refractivity contribution in [3.05, 3.63) is 77.4 Å². The van der Waals surface area contributed by atoms with Crippen LogP contribution in [0.25, 0.3) is 12.2 Å². The first kappa shape index (κ1) is 25.2. The molecule has 1 N–H and O–H groups in total. The minimum atomic E-state index is -3.73. The molecule has 0 spiro atoms. The molecule has 0 saturated carbocycles. The maximum atomic E-state index is 13.0. The lowest BCUT2D eigenvalue weighted by atomic mass is 9.87. The van der Waals surface area contributed by atoms with E-state index in [4.69, 9.17) is 14.2 Å². The molecule has 0 aromatic heterocycles. The van der Waals surface area contributed by atoms with E-state index in [1.165, 1.54) is 0 Å². The van der Waals surface area contributed by atoms with Gasteiger partial charge in [0.1, 0.15) is 0 Å². The molecule has 6 nitrogen and oxygen atoms in total. The number of sulfonamides is 1. The summed E-state index contributed by atoms with van der Waals surface area (Å²) in [5, 5.41) is 0. The molecule has 0 amide bonds. The number of anilines is 1. The van der Waals surface area contributed by atoms with E-state index >= 15 is 0 Å². The van der Waals surface area contributed by atoms with Gasteiger partial charge in [-0.05, 0) is 58.5 Å². The van der Waals surface area contributed by atoms with Crippen molar-refractivity contribution in [2.45, 2.75) is 31.1 Å². The quantitative estimate of drug-likeness (QED) is 0.401. The van der Waals surface area contributed by atoms with Gasteiger partial charge in [0.25, 0.3) is 10.0 Å². The van der Waals surface area contributed by atoms with E-state index in [1.54, 1.807) is 57.7 Å². The molecular weight excluding hydrogens is 450 g/mol. The number of rotatable bonds is 8. The first-order chi connectivity index (χ1) is 16.1. The number of hydrogen-bond donors (Lipinski definition) is 1. The predicted octanol–water partition coefficient (Wildman–Crippen LogP) is 5.98. The molecule has 3 rings (SSSR count). The van der Waals surface area contributed by atoms with Gasteiger partial charge in [0.15, 0.2) is 11.5 Å². The molecule has 0 bridgehead atoms. The molecule has 7 heteroatoms. The molecule has 0 fully saturated rings. The summed E-state index contributed by atoms with van der Waals surface area (Å²) in [4.78, 5) is 0.235. The second-order valence-electron chi connectivity index (χ2n) is 8.80. The van der Waals surface area contributed by atoms with E-state index in [2.05, 4.69) is 25.5 Å². The van der Waals surface area contributed by atoms with Crippen molar-refractivity contribution in [2.24, 2.45) is 0 Å². The molecule has 34 heavy (non-hydrogen) atoms. The summed E-state index contributed by atoms with van der Waals surface area (Å²) < 4.78 is 44.9. The van der Waals surface area contributed by atoms with Crippen LogP contribution in [0.1, 0.15) is 37.5 Å². The van der Waals surface area contributed by atoms with E-state index < -0.39 is 10.0 Å². The second-order valence-corrected chi connectivity index (χ2v) is 10.5. The van der Waals surface area contributed by atoms with Gasteiger partial charge in [0.2, 0.25) is 5.75 Å². The predicted molar refractivity (Wildman–Crippen MR) is 137 cm³/mol. The Balaban J connectivity index is 1.85. The van der Waals surface area contributed by atoms with Gasteiger partial charge in [-0.1, -0.05) is 57.2 Å². The van der Waals surface area contributed by atoms with Gasteiger partial charge < -0.3 is 14.2 Å². The fourth-order valence-corrected chi connectivity index (χ4v) is 4.53. The molecule has 3 aromatic rings. The Hall–Kier alpha value is -3.45. The third-order valence-electron chi connectivity index (χ3n) is 5.30. The van der Waals surface area contributed by atoms with Crippen molar-refractivity contribution >= 4 is 27.9 Å². The van der Waals surface area contributed by atoms with Crippen molar-refractivity contribution in [2.75, 3.05) is 26.1 Å². The minimum absolute atomic E-state index is 0.150. The van der Waals surface area contributed by atoms with Crippen LogP contribution in [-0.2, 0) is 15.4 Å². The van der Waals surface area contributed by atoms with E-state index in [0.717, 1.165) is 16.7 Å². The molecule has 3 aromatic carbocycles. The summed E-state index contributed by atoms with van der Waals surface area (Å²) in [7, 11) is 0.965. The maximum absolute atomic E-state index is 13.0. The van der Waals surface area contributed by atoms with Crippen LogP contribution < -0.4 is 18.9 Å². The van der Waals surface area contributed by atoms with Crippen LogP contribution in [0.15, 0.2) is 65.6 Å². The number of hydrogen-bond acceptors (Lipinski definition) is 5. The number of ether oxygens (including phenoxy) is 3. The van der Waals surface area contributed by atoms with E-state index in [-0.39, 0.29) is 10.3 Å². The summed E-state index contributed by atoms with van der Waals surface area (Å²) in [6, 6.07) is 17.9. The Morgan fingerprint density at radius 3 is 1.97 bits per heavy atom. The fourth-order valence-electron chi connectivity index (χ4n) is 3.44. The summed E-state index contributed by atoms with van der Waals surface area (Å²) in [6.07, 6.45) is 3.78. The van der Waals surface area contributed by atoms with Crippen LogP contribution in [0.4, 0.5) is 5.69 Å². The molecule has 0 saturated heterocycles. The van der Waals surface area contributed by atoms with Crippen LogP contribution >= 0.6 is 0 Å². The third-order valence-corrected chi connectivity index (χ3v) is 6.68. The fraction of sp³-hybridized carbons (Fsp3) is 0.259. The van der Waals surface area contributed by atoms with Gasteiger partial charge in [-0.25, -0.2) is 8.42 Å². The standard InChI is InChI=1S/C27H31NO5S/c1-27(2,3)21-10-8-12-23(18-21)34(29,30)28-22-11-7-9-19(15-22)13-14-20-16-24(31-4)26(33-6)25(17-20)32-5/h7-18,28H,1-6H3. The lowest BCUT2D eigenvalue weighted by molar-refractivity contribution is 0.324. The molecule has 0 unspecified atom stereocenters. The monoisotopic (exact) mass is 481 g/mol. The molecule has 0 aliphatic carbocycles. The van der Waals surface area contributed by atoms with Crippen LogP contribution in [0.5, 0.6) is 17.2 Å². The summed E-state index contributed by atoms with van der Waals surface area (Å²) in [6.45, 7) is 6.15. The van der Waals surface area contributed by atoms with Crippen molar-refractivity contribution < 1.29 is 22.6 Å². The zero-order valence-electron chi connectivity index (χ0n) is 20.4. The van der Waals surface area contributed by atoms with E-state index in [0.29, 0.717) is 22.9 Å². The Morgan fingerprint density at radius 2 is 1.38 bits per heavy atom. The Kier molecular flexibility index (Phi) is 7.57. The highest BCUT2D eigenvalue weighted by Gasteiger charge is 2.19. The molecule has 0 aliphatic rings. The van der Waals surface area contributed by atoms with Gasteiger partial charge in [-0.15, -0.1) is 0 Å². The van der Waals surface area contributed by atoms with Gasteiger partial charge in [0, 0.05) is 5.69 Å². The highest BCUT2D eigenvalue weighted by atomic mass is 32.2. The number of methoxy groups -OCH3 is 3. The zero-order valence-corrected chi connectivity index (χ0v) is 21.2. The molecular formula is C27H31NO5S. The minimum Gasteiger partial charge on any atom is -0.493 e. The Bertz CT molecular complexity index is 1270. The Labute approximate surface area is 202 Å². The molecule has 0 heterocycles. The average Bonchev–Trinajstić information content (AvgIpc) is 2.81. The summed E-state index contributed by atoms with van der Waals surface area (Å²) in [5.41, 5.74) is 2.96. The van der Waals surface area contributed by atoms with Gasteiger partial charge in [-0.3, -0.25) is 4.72 Å². The largest absolute Gasteiger partial charge is 0.493 e. The van der Waals surface area contributed by atoms with Gasteiger partial charge in [-0.2, -0.15) is 0 Å². The van der Waals surface area contributed by atoms with Gasteiger partial charge >= 0.3 is 0 Å². The smallest absolute Gasteiger partial charge is 0.261 e. The topological polar surface area (TPSA) is 73.9 Å². The molecule has 180 valence electrons. The van der Waals surface area contributed by atoms with Crippen molar-refractivity contribution in [3.8, 4) is 17.2 Å². The van der Waals surface area contributed by atoms with Crippen LogP contribution in [0, 0.1) is 0 Å². The second kappa shape index (κ2) is 10.2.